The van der Waals surface area contributed by atoms with Crippen LogP contribution in [0.25, 0.3) is 0 Å². The second-order valence-corrected chi connectivity index (χ2v) is 13.4. The van der Waals surface area contributed by atoms with E-state index in [0.29, 0.717) is 0 Å². The van der Waals surface area contributed by atoms with Gasteiger partial charge in [-0.15, -0.1) is 0 Å². The summed E-state index contributed by atoms with van der Waals surface area (Å²) in [6.45, 7) is 20.1. The lowest BCUT2D eigenvalue weighted by molar-refractivity contribution is 0.199. The highest BCUT2D eigenvalue weighted by Crippen LogP contribution is 2.78. The Morgan fingerprint density at radius 3 is 1.11 bits per heavy atom. The molecule has 0 aromatic heterocycles. The topological polar surface area (TPSA) is 34.1 Å². The van der Waals surface area contributed by atoms with Gasteiger partial charge < -0.3 is 4.57 Å². The number of hydrogen-bond donors (Lipinski definition) is 0. The van der Waals surface area contributed by atoms with Gasteiger partial charge >= 0.3 is 0 Å². The van der Waals surface area contributed by atoms with Crippen LogP contribution in [0.3, 0.4) is 0 Å². The Morgan fingerprint density at radius 1 is 0.778 bits per heavy atom. The van der Waals surface area contributed by atoms with Gasteiger partial charge in [0.15, 0.2) is 8.46 Å². The Hall–Kier alpha value is 0.330. The Balaban J connectivity index is 6.47. The zero-order valence-electron chi connectivity index (χ0n) is 13.7. The number of hydrogen-bond acceptors (Lipinski definition) is 2. The molecule has 0 N–H and O–H groups in total. The highest BCUT2D eigenvalue weighted by Gasteiger charge is 2.64. The maximum Gasteiger partial charge on any atom is 0.171 e. The minimum absolute atomic E-state index is 0.00712. The first-order chi connectivity index (χ1) is 7.56. The lowest BCUT2D eigenvalue weighted by Gasteiger charge is -2.55. The highest BCUT2D eigenvalue weighted by atomic mass is 31.2. The summed E-state index contributed by atoms with van der Waals surface area (Å²) in [4.78, 5) is -0.731. The molecule has 0 rings (SSSR count). The van der Waals surface area contributed by atoms with E-state index in [0.717, 1.165) is 0 Å². The molecule has 0 spiro atoms. The molecule has 0 aliphatic carbocycles. The van der Waals surface area contributed by atoms with E-state index < -0.39 is 12.0 Å². The summed E-state index contributed by atoms with van der Waals surface area (Å²) >= 11 is 0. The summed E-state index contributed by atoms with van der Waals surface area (Å²) in [6.07, 6.45) is 0. The fraction of sp³-hybridized carbons (Fsp3) is 1.00. The molecular formula is C14H30O2P2. The third-order valence-electron chi connectivity index (χ3n) is 4.12. The number of rotatable bonds is 2. The van der Waals surface area contributed by atoms with Crippen molar-refractivity contribution in [1.82, 2.24) is 0 Å². The van der Waals surface area contributed by atoms with Crippen molar-refractivity contribution in [3.05, 3.63) is 0 Å². The van der Waals surface area contributed by atoms with Gasteiger partial charge in [0.25, 0.3) is 0 Å². The fourth-order valence-electron chi connectivity index (χ4n) is 3.24. The van der Waals surface area contributed by atoms with Crippen molar-refractivity contribution in [3.63, 3.8) is 0 Å². The molecule has 2 nitrogen and oxygen atoms in total. The van der Waals surface area contributed by atoms with Gasteiger partial charge in [-0.3, -0.25) is 4.57 Å². The van der Waals surface area contributed by atoms with Gasteiger partial charge in [0.2, 0.25) is 0 Å². The van der Waals surface area contributed by atoms with Gasteiger partial charge in [0.05, 0.1) is 0 Å². The largest absolute Gasteiger partial charge is 0.322 e. The average molecular weight is 292 g/mol. The summed E-state index contributed by atoms with van der Waals surface area (Å²) in [5.74, 6) is 0. The third-order valence-corrected chi connectivity index (χ3v) is 12.3. The second-order valence-electron chi connectivity index (χ2n) is 8.36. The van der Waals surface area contributed by atoms with Crippen LogP contribution in [-0.4, -0.2) is 16.7 Å². The summed E-state index contributed by atoms with van der Waals surface area (Å²) in [5.41, 5.74) is -0.599. The van der Waals surface area contributed by atoms with Crippen LogP contribution in [0.5, 0.6) is 0 Å². The predicted octanol–water partition coefficient (Wildman–Crippen LogP) is 5.86. The SMILES string of the molecule is CC(C)(C)C(P=O)(C(C)(C)C)[P@](C)(=O)C(C)(C)C. The van der Waals surface area contributed by atoms with Gasteiger partial charge in [0, 0.05) is 5.16 Å². The lowest BCUT2D eigenvalue weighted by atomic mass is 9.76. The van der Waals surface area contributed by atoms with Crippen LogP contribution in [0, 0.1) is 10.8 Å². The van der Waals surface area contributed by atoms with Crippen molar-refractivity contribution in [2.75, 3.05) is 6.66 Å². The first-order valence-corrected chi connectivity index (χ1v) is 9.45. The van der Waals surface area contributed by atoms with Crippen LogP contribution in [-0.2, 0) is 9.13 Å². The Labute approximate surface area is 115 Å². The molecule has 4 heteroatoms. The molecule has 0 aromatic rings. The van der Waals surface area contributed by atoms with Gasteiger partial charge in [0.1, 0.15) is 12.0 Å². The molecule has 0 saturated heterocycles. The molecule has 1 atom stereocenters. The van der Waals surface area contributed by atoms with Crippen LogP contribution >= 0.6 is 15.6 Å². The maximum absolute atomic E-state index is 13.6. The van der Waals surface area contributed by atoms with Crippen molar-refractivity contribution in [2.24, 2.45) is 10.8 Å². The smallest absolute Gasteiger partial charge is 0.171 e. The van der Waals surface area contributed by atoms with E-state index in [9.17, 15) is 9.13 Å². The molecule has 0 unspecified atom stereocenters. The van der Waals surface area contributed by atoms with Crippen molar-refractivity contribution < 1.29 is 9.13 Å². The van der Waals surface area contributed by atoms with Gasteiger partial charge in [-0.25, -0.2) is 0 Å². The molecule has 0 amide bonds. The summed E-state index contributed by atoms with van der Waals surface area (Å²) in [5, 5.41) is -0.356. The van der Waals surface area contributed by atoms with Gasteiger partial charge in [-0.1, -0.05) is 62.3 Å². The first-order valence-electron chi connectivity index (χ1n) is 6.48. The standard InChI is InChI=1S/C14H30O2P2/c1-11(2,3)14(17-15,12(4,5)6)18(10,16)13(7,8)9/h1-10H3/t18-/m1/s1. The quantitative estimate of drug-likeness (QED) is 0.597. The fourth-order valence-corrected chi connectivity index (χ4v) is 8.84. The first kappa shape index (κ1) is 18.3. The van der Waals surface area contributed by atoms with E-state index in [1.54, 1.807) is 0 Å². The second kappa shape index (κ2) is 4.71. The maximum atomic E-state index is 13.6. The minimum atomic E-state index is -2.69. The average Bonchev–Trinajstić information content (AvgIpc) is 1.96. The Kier molecular flexibility index (Phi) is 4.79. The molecule has 0 fully saturated rings. The normalized spacial score (nSPS) is 18.8. The molecule has 0 aliphatic heterocycles. The summed E-state index contributed by atoms with van der Waals surface area (Å²) < 4.78 is 25.7. The third kappa shape index (κ3) is 2.48. The minimum Gasteiger partial charge on any atom is -0.322 e. The van der Waals surface area contributed by atoms with Crippen LogP contribution < -0.4 is 0 Å². The van der Waals surface area contributed by atoms with Crippen molar-refractivity contribution in [2.45, 2.75) is 72.4 Å². The van der Waals surface area contributed by atoms with E-state index in [1.165, 1.54) is 0 Å². The zero-order valence-corrected chi connectivity index (χ0v) is 15.5. The summed E-state index contributed by atoms with van der Waals surface area (Å²) in [7, 11) is -2.69. The summed E-state index contributed by atoms with van der Waals surface area (Å²) in [6, 6.07) is 0. The van der Waals surface area contributed by atoms with Crippen LogP contribution in [0.4, 0.5) is 0 Å². The zero-order chi connectivity index (χ0) is 15.2. The molecule has 0 bridgehead atoms. The van der Waals surface area contributed by atoms with Crippen LogP contribution in [0.15, 0.2) is 0 Å². The van der Waals surface area contributed by atoms with Gasteiger partial charge in [-0.05, 0) is 17.5 Å². The van der Waals surface area contributed by atoms with E-state index in [2.05, 4.69) is 0 Å². The molecule has 0 saturated carbocycles. The highest BCUT2D eigenvalue weighted by molar-refractivity contribution is 7.73. The van der Waals surface area contributed by atoms with Crippen molar-refractivity contribution >= 4 is 15.6 Å². The lowest BCUT2D eigenvalue weighted by Crippen LogP contribution is -2.51. The molecular weight excluding hydrogens is 262 g/mol. The van der Waals surface area contributed by atoms with E-state index in [-0.39, 0.29) is 24.4 Å². The van der Waals surface area contributed by atoms with Crippen LogP contribution in [0.2, 0.25) is 0 Å². The molecule has 0 heterocycles. The molecule has 18 heavy (non-hydrogen) atoms. The predicted molar refractivity (Wildman–Crippen MR) is 82.5 cm³/mol. The van der Waals surface area contributed by atoms with Gasteiger partial charge in [-0.2, -0.15) is 0 Å². The molecule has 0 aromatic carbocycles. The van der Waals surface area contributed by atoms with Crippen LogP contribution in [0.1, 0.15) is 62.3 Å². The molecule has 0 radical (unpaired) electrons. The molecule has 0 aliphatic rings. The van der Waals surface area contributed by atoms with E-state index in [1.807, 2.05) is 69.0 Å². The monoisotopic (exact) mass is 292 g/mol. The van der Waals surface area contributed by atoms with Crippen molar-refractivity contribution in [3.8, 4) is 0 Å². The van der Waals surface area contributed by atoms with E-state index in [4.69, 9.17) is 0 Å². The van der Waals surface area contributed by atoms with Crippen molar-refractivity contribution in [1.29, 1.82) is 0 Å². The Bertz CT molecular complexity index is 351. The van der Waals surface area contributed by atoms with E-state index >= 15 is 0 Å². The Morgan fingerprint density at radius 2 is 1.06 bits per heavy atom. The molecule has 108 valence electrons.